The lowest BCUT2D eigenvalue weighted by molar-refractivity contribution is 0.171. The minimum absolute atomic E-state index is 0.0512. The largest absolute Gasteiger partial charge is 0.486 e. The quantitative estimate of drug-likeness (QED) is 0.703. The maximum absolute atomic E-state index is 13.2. The minimum Gasteiger partial charge on any atom is -0.486 e. The van der Waals surface area contributed by atoms with Crippen molar-refractivity contribution in [3.8, 4) is 11.5 Å². The zero-order valence-corrected chi connectivity index (χ0v) is 17.8. The molecule has 7 nitrogen and oxygen atoms in total. The van der Waals surface area contributed by atoms with E-state index in [4.69, 9.17) is 21.1 Å². The Kier molecular flexibility index (Phi) is 5.50. The maximum atomic E-state index is 13.2. The van der Waals surface area contributed by atoms with Gasteiger partial charge in [-0.3, -0.25) is 0 Å². The van der Waals surface area contributed by atoms with E-state index < -0.39 is 25.1 Å². The Bertz CT molecular complexity index is 1130. The average Bonchev–Trinajstić information content (AvgIpc) is 2.86. The summed E-state index contributed by atoms with van der Waals surface area (Å²) in [5.41, 5.74) is 0.507. The van der Waals surface area contributed by atoms with Gasteiger partial charge in [-0.15, -0.1) is 0 Å². The monoisotopic (exact) mass is 457 g/mol. The predicted octanol–water partition coefficient (Wildman–Crippen LogP) is 2.66. The Morgan fingerprint density at radius 2 is 1.72 bits per heavy atom. The van der Waals surface area contributed by atoms with E-state index in [9.17, 15) is 16.8 Å². The first-order valence-electron chi connectivity index (χ1n) is 9.15. The van der Waals surface area contributed by atoms with Crippen molar-refractivity contribution >= 4 is 31.5 Å². The standard InChI is InChI=1S/C19H20ClNO6S2/c20-16-4-2-1-3-15(16)19-7-8-21(9-12-28(19,22)23)29(24,25)14-5-6-17-18(13-14)27-11-10-26-17/h1-6,13,19H,7-12H2. The molecule has 1 unspecified atom stereocenters. The molecule has 0 radical (unpaired) electrons. The molecule has 2 aliphatic rings. The van der Waals surface area contributed by atoms with Crippen molar-refractivity contribution in [2.75, 3.05) is 32.1 Å². The third kappa shape index (κ3) is 3.96. The van der Waals surface area contributed by atoms with E-state index in [2.05, 4.69) is 0 Å². The van der Waals surface area contributed by atoms with Crippen LogP contribution in [0.15, 0.2) is 47.4 Å². The van der Waals surface area contributed by atoms with Crippen molar-refractivity contribution in [3.63, 3.8) is 0 Å². The predicted molar refractivity (Wildman–Crippen MR) is 109 cm³/mol. The van der Waals surface area contributed by atoms with Crippen LogP contribution in [0.5, 0.6) is 11.5 Å². The molecule has 10 heteroatoms. The number of fused-ring (bicyclic) bond motifs is 1. The van der Waals surface area contributed by atoms with Gasteiger partial charge in [0.1, 0.15) is 13.2 Å². The van der Waals surface area contributed by atoms with Crippen LogP contribution in [0.4, 0.5) is 0 Å². The first-order valence-corrected chi connectivity index (χ1v) is 12.7. The Labute approximate surface area is 175 Å². The molecule has 1 saturated heterocycles. The number of halogens is 1. The summed E-state index contributed by atoms with van der Waals surface area (Å²) in [5.74, 6) is 0.591. The Morgan fingerprint density at radius 3 is 2.48 bits per heavy atom. The van der Waals surface area contributed by atoms with Crippen LogP contribution >= 0.6 is 11.6 Å². The van der Waals surface area contributed by atoms with Gasteiger partial charge in [0, 0.05) is 24.2 Å². The lowest BCUT2D eigenvalue weighted by Crippen LogP contribution is -2.33. The van der Waals surface area contributed by atoms with E-state index in [1.165, 1.54) is 16.4 Å². The second kappa shape index (κ2) is 7.79. The fourth-order valence-electron chi connectivity index (χ4n) is 3.58. The molecule has 0 aliphatic carbocycles. The summed E-state index contributed by atoms with van der Waals surface area (Å²) in [4.78, 5) is 0.0512. The van der Waals surface area contributed by atoms with Gasteiger partial charge in [-0.2, -0.15) is 4.31 Å². The molecule has 29 heavy (non-hydrogen) atoms. The molecule has 0 spiro atoms. The van der Waals surface area contributed by atoms with Gasteiger partial charge >= 0.3 is 0 Å². The van der Waals surface area contributed by atoms with E-state index in [0.717, 1.165) is 0 Å². The number of benzene rings is 2. The molecule has 2 aromatic carbocycles. The summed E-state index contributed by atoms with van der Waals surface area (Å²) in [6.45, 7) is 0.719. The molecular weight excluding hydrogens is 438 g/mol. The van der Waals surface area contributed by atoms with Gasteiger partial charge in [0.15, 0.2) is 21.3 Å². The van der Waals surface area contributed by atoms with Crippen LogP contribution in [-0.4, -0.2) is 53.2 Å². The van der Waals surface area contributed by atoms with Gasteiger partial charge < -0.3 is 9.47 Å². The zero-order chi connectivity index (χ0) is 20.6. The third-order valence-corrected chi connectivity index (χ3v) is 9.45. The lowest BCUT2D eigenvalue weighted by Gasteiger charge is -2.22. The molecule has 2 aliphatic heterocycles. The lowest BCUT2D eigenvalue weighted by atomic mass is 10.1. The molecule has 0 aromatic heterocycles. The van der Waals surface area contributed by atoms with Crippen LogP contribution < -0.4 is 9.47 Å². The van der Waals surface area contributed by atoms with Crippen molar-refractivity contribution in [3.05, 3.63) is 53.1 Å². The number of rotatable bonds is 3. The number of nitrogens with zero attached hydrogens (tertiary/aromatic N) is 1. The SMILES string of the molecule is O=S1(=O)CCN(S(=O)(=O)c2ccc3c(c2)OCCO3)CCC1c1ccccc1Cl. The van der Waals surface area contributed by atoms with E-state index >= 15 is 0 Å². The van der Waals surface area contributed by atoms with Gasteiger partial charge in [0.05, 0.1) is 15.9 Å². The second-order valence-corrected chi connectivity index (χ2v) is 11.5. The summed E-state index contributed by atoms with van der Waals surface area (Å²) in [7, 11) is -7.44. The molecule has 156 valence electrons. The van der Waals surface area contributed by atoms with Crippen LogP contribution in [-0.2, 0) is 19.9 Å². The fraction of sp³-hybridized carbons (Fsp3) is 0.368. The van der Waals surface area contributed by atoms with Crippen molar-refractivity contribution < 1.29 is 26.3 Å². The van der Waals surface area contributed by atoms with Gasteiger partial charge in [-0.05, 0) is 30.2 Å². The van der Waals surface area contributed by atoms with Gasteiger partial charge in [0.2, 0.25) is 10.0 Å². The molecule has 0 N–H and O–H groups in total. The molecule has 2 heterocycles. The van der Waals surface area contributed by atoms with Gasteiger partial charge in [0.25, 0.3) is 0 Å². The molecule has 0 amide bonds. The number of sulfonamides is 1. The first kappa shape index (κ1) is 20.5. The summed E-state index contributed by atoms with van der Waals surface area (Å²) in [5, 5.41) is -0.471. The Balaban J connectivity index is 1.63. The number of hydrogen-bond acceptors (Lipinski definition) is 6. The number of sulfone groups is 1. The van der Waals surface area contributed by atoms with E-state index in [-0.39, 0.29) is 30.2 Å². The zero-order valence-electron chi connectivity index (χ0n) is 15.5. The Morgan fingerprint density at radius 1 is 1.00 bits per heavy atom. The van der Waals surface area contributed by atoms with E-state index in [0.29, 0.717) is 35.3 Å². The summed E-state index contributed by atoms with van der Waals surface area (Å²) >= 11 is 6.21. The third-order valence-electron chi connectivity index (χ3n) is 5.10. The van der Waals surface area contributed by atoms with Crippen LogP contribution in [0.3, 0.4) is 0 Å². The molecule has 4 rings (SSSR count). The minimum atomic E-state index is -3.88. The normalized spacial score (nSPS) is 22.0. The summed E-state index contributed by atoms with van der Waals surface area (Å²) in [6.07, 6.45) is 0.135. The van der Waals surface area contributed by atoms with Crippen molar-refractivity contribution in [2.24, 2.45) is 0 Å². The number of ether oxygens (including phenoxy) is 2. The fourth-order valence-corrected chi connectivity index (χ4v) is 7.32. The molecular formula is C19H20ClNO6S2. The van der Waals surface area contributed by atoms with Crippen LogP contribution in [0.2, 0.25) is 5.02 Å². The summed E-state index contributed by atoms with van der Waals surface area (Å²) < 4.78 is 64.1. The number of hydrogen-bond donors (Lipinski definition) is 0. The highest BCUT2D eigenvalue weighted by Gasteiger charge is 2.36. The maximum Gasteiger partial charge on any atom is 0.243 e. The van der Waals surface area contributed by atoms with Crippen molar-refractivity contribution in [1.82, 2.24) is 4.31 Å². The van der Waals surface area contributed by atoms with Gasteiger partial charge in [-0.1, -0.05) is 29.8 Å². The first-order chi connectivity index (χ1) is 13.8. The van der Waals surface area contributed by atoms with E-state index in [1.807, 2.05) is 0 Å². The highest BCUT2D eigenvalue weighted by atomic mass is 35.5. The van der Waals surface area contributed by atoms with Crippen molar-refractivity contribution in [2.45, 2.75) is 16.6 Å². The highest BCUT2D eigenvalue weighted by molar-refractivity contribution is 7.92. The van der Waals surface area contributed by atoms with Gasteiger partial charge in [-0.25, -0.2) is 16.8 Å². The van der Waals surface area contributed by atoms with Crippen molar-refractivity contribution in [1.29, 1.82) is 0 Å². The van der Waals surface area contributed by atoms with E-state index in [1.54, 1.807) is 30.3 Å². The second-order valence-electron chi connectivity index (χ2n) is 6.88. The molecule has 0 bridgehead atoms. The average molecular weight is 458 g/mol. The van der Waals surface area contributed by atoms with Crippen LogP contribution in [0, 0.1) is 0 Å². The Hall–Kier alpha value is -1.81. The van der Waals surface area contributed by atoms with Crippen LogP contribution in [0.25, 0.3) is 0 Å². The molecule has 2 aromatic rings. The molecule has 1 fully saturated rings. The molecule has 1 atom stereocenters. The smallest absolute Gasteiger partial charge is 0.243 e. The van der Waals surface area contributed by atoms with Crippen LogP contribution in [0.1, 0.15) is 17.2 Å². The topological polar surface area (TPSA) is 90.0 Å². The molecule has 0 saturated carbocycles. The highest BCUT2D eigenvalue weighted by Crippen LogP contribution is 2.36. The summed E-state index contributed by atoms with van der Waals surface area (Å²) in [6, 6.07) is 11.2.